The van der Waals surface area contributed by atoms with Crippen LogP contribution in [0.3, 0.4) is 0 Å². The van der Waals surface area contributed by atoms with Crippen molar-refractivity contribution in [1.82, 2.24) is 9.88 Å². The van der Waals surface area contributed by atoms with Crippen LogP contribution in [0, 0.1) is 5.92 Å². The minimum atomic E-state index is 0.765. The monoisotopic (exact) mass is 319 g/mol. The lowest BCUT2D eigenvalue weighted by Crippen LogP contribution is -2.43. The maximum Gasteiger partial charge on any atom is 0.128 e. The Balaban J connectivity index is 1.52. The third kappa shape index (κ3) is 3.77. The number of hydrogen-bond acceptors (Lipinski definition) is 4. The molecule has 0 aromatic carbocycles. The van der Waals surface area contributed by atoms with Gasteiger partial charge in [-0.1, -0.05) is 6.07 Å². The van der Waals surface area contributed by atoms with Crippen molar-refractivity contribution in [2.75, 3.05) is 37.3 Å². The van der Waals surface area contributed by atoms with Crippen LogP contribution in [0.5, 0.6) is 0 Å². The van der Waals surface area contributed by atoms with E-state index in [4.69, 9.17) is 0 Å². The van der Waals surface area contributed by atoms with Gasteiger partial charge in [0.25, 0.3) is 0 Å². The number of aromatic nitrogens is 1. The molecular formula is C18H29N3S. The van der Waals surface area contributed by atoms with Gasteiger partial charge < -0.3 is 9.80 Å². The highest BCUT2D eigenvalue weighted by Crippen LogP contribution is 2.28. The molecule has 3 rings (SSSR count). The van der Waals surface area contributed by atoms with Crippen molar-refractivity contribution in [2.24, 2.45) is 5.92 Å². The highest BCUT2D eigenvalue weighted by molar-refractivity contribution is 7.97. The van der Waals surface area contributed by atoms with Gasteiger partial charge in [0, 0.05) is 31.1 Å². The Morgan fingerprint density at radius 3 is 2.50 bits per heavy atom. The van der Waals surface area contributed by atoms with E-state index in [0.717, 1.165) is 36.6 Å². The van der Waals surface area contributed by atoms with E-state index >= 15 is 0 Å². The molecule has 0 bridgehead atoms. The van der Waals surface area contributed by atoms with Gasteiger partial charge in [0.2, 0.25) is 0 Å². The summed E-state index contributed by atoms with van der Waals surface area (Å²) in [5, 5.41) is 0. The highest BCUT2D eigenvalue weighted by atomic mass is 32.2. The summed E-state index contributed by atoms with van der Waals surface area (Å²) in [6.45, 7) is 7.41. The Labute approximate surface area is 139 Å². The number of anilines is 1. The number of piperidine rings is 1. The fraction of sp³-hybridized carbons (Fsp3) is 0.722. The molecule has 122 valence electrons. The molecule has 1 aromatic heterocycles. The van der Waals surface area contributed by atoms with Crippen LogP contribution in [0.25, 0.3) is 0 Å². The zero-order valence-electron chi connectivity index (χ0n) is 14.0. The van der Waals surface area contributed by atoms with E-state index in [9.17, 15) is 0 Å². The van der Waals surface area contributed by atoms with E-state index in [1.807, 2.05) is 18.0 Å². The van der Waals surface area contributed by atoms with Crippen LogP contribution in [0.2, 0.25) is 0 Å². The molecular weight excluding hydrogens is 290 g/mol. The normalized spacial score (nSPS) is 22.2. The largest absolute Gasteiger partial charge is 0.357 e. The Morgan fingerprint density at radius 1 is 1.18 bits per heavy atom. The summed E-state index contributed by atoms with van der Waals surface area (Å²) >= 11 is 1.85. The van der Waals surface area contributed by atoms with Gasteiger partial charge in [-0.05, 0) is 69.5 Å². The lowest BCUT2D eigenvalue weighted by atomic mass is 9.89. The second-order valence-electron chi connectivity index (χ2n) is 6.77. The zero-order valence-corrected chi connectivity index (χ0v) is 14.8. The van der Waals surface area contributed by atoms with Crippen molar-refractivity contribution >= 4 is 17.6 Å². The average molecular weight is 320 g/mol. The molecule has 2 aliphatic heterocycles. The second-order valence-corrected chi connectivity index (χ2v) is 7.63. The van der Waals surface area contributed by atoms with Crippen LogP contribution in [-0.4, -0.2) is 48.4 Å². The summed E-state index contributed by atoms with van der Waals surface area (Å²) in [4.78, 5) is 9.84. The second kappa shape index (κ2) is 7.69. The van der Waals surface area contributed by atoms with E-state index in [2.05, 4.69) is 40.1 Å². The molecule has 22 heavy (non-hydrogen) atoms. The van der Waals surface area contributed by atoms with Gasteiger partial charge in [0.05, 0.1) is 0 Å². The van der Waals surface area contributed by atoms with Gasteiger partial charge in [0.1, 0.15) is 5.82 Å². The number of likely N-dealkylation sites (tertiary alicyclic amines) is 1. The topological polar surface area (TPSA) is 19.4 Å². The Bertz CT molecular complexity index is 448. The lowest BCUT2D eigenvalue weighted by molar-refractivity contribution is 0.167. The Hall–Kier alpha value is -0.740. The summed E-state index contributed by atoms with van der Waals surface area (Å²) in [6, 6.07) is 5.20. The Morgan fingerprint density at radius 2 is 1.91 bits per heavy atom. The first kappa shape index (κ1) is 16.1. The first-order valence-electron chi connectivity index (χ1n) is 8.71. The molecule has 0 N–H and O–H groups in total. The van der Waals surface area contributed by atoms with Crippen molar-refractivity contribution < 1.29 is 0 Å². The highest BCUT2D eigenvalue weighted by Gasteiger charge is 2.29. The molecule has 1 aromatic rings. The van der Waals surface area contributed by atoms with Gasteiger partial charge in [0.15, 0.2) is 0 Å². The molecule has 0 aliphatic carbocycles. The van der Waals surface area contributed by atoms with E-state index < -0.39 is 0 Å². The van der Waals surface area contributed by atoms with E-state index in [-0.39, 0.29) is 0 Å². The molecule has 0 spiro atoms. The van der Waals surface area contributed by atoms with E-state index in [1.54, 1.807) is 0 Å². The molecule has 3 nitrogen and oxygen atoms in total. The van der Waals surface area contributed by atoms with Gasteiger partial charge in [-0.15, -0.1) is 0 Å². The van der Waals surface area contributed by atoms with Crippen LogP contribution in [-0.2, 0) is 5.75 Å². The van der Waals surface area contributed by atoms with Crippen LogP contribution in [0.15, 0.2) is 18.3 Å². The molecule has 2 fully saturated rings. The summed E-state index contributed by atoms with van der Waals surface area (Å²) in [5.74, 6) is 3.09. The first-order valence-corrected chi connectivity index (χ1v) is 10.1. The number of pyridine rings is 1. The van der Waals surface area contributed by atoms with Crippen LogP contribution in [0.1, 0.15) is 38.2 Å². The third-order valence-corrected chi connectivity index (χ3v) is 6.00. The molecule has 0 saturated carbocycles. The minimum absolute atomic E-state index is 0.765. The third-order valence-electron chi connectivity index (χ3n) is 5.38. The van der Waals surface area contributed by atoms with Crippen LogP contribution < -0.4 is 4.90 Å². The summed E-state index contributed by atoms with van der Waals surface area (Å²) in [7, 11) is 0. The van der Waals surface area contributed by atoms with Gasteiger partial charge in [-0.2, -0.15) is 11.8 Å². The van der Waals surface area contributed by atoms with Gasteiger partial charge >= 0.3 is 0 Å². The van der Waals surface area contributed by atoms with Crippen molar-refractivity contribution in [1.29, 1.82) is 0 Å². The number of hydrogen-bond donors (Lipinski definition) is 0. The van der Waals surface area contributed by atoms with Crippen molar-refractivity contribution in [2.45, 2.75) is 44.4 Å². The van der Waals surface area contributed by atoms with E-state index in [1.165, 1.54) is 44.3 Å². The lowest BCUT2D eigenvalue weighted by Gasteiger charge is -2.38. The number of nitrogens with zero attached hydrogens (tertiary/aromatic N) is 3. The average Bonchev–Trinajstić information content (AvgIpc) is 3.10. The van der Waals surface area contributed by atoms with Crippen molar-refractivity contribution in [3.63, 3.8) is 0 Å². The summed E-state index contributed by atoms with van der Waals surface area (Å²) < 4.78 is 0. The van der Waals surface area contributed by atoms with Gasteiger partial charge in [-0.25, -0.2) is 4.98 Å². The predicted octanol–water partition coefficient (Wildman–Crippen LogP) is 3.65. The molecule has 0 amide bonds. The van der Waals surface area contributed by atoms with E-state index in [0.29, 0.717) is 0 Å². The molecule has 1 atom stereocenters. The van der Waals surface area contributed by atoms with Crippen LogP contribution >= 0.6 is 11.8 Å². The zero-order chi connectivity index (χ0) is 15.4. The maximum atomic E-state index is 4.67. The predicted molar refractivity (Wildman–Crippen MR) is 96.7 cm³/mol. The summed E-state index contributed by atoms with van der Waals surface area (Å²) in [5.41, 5.74) is 1.33. The van der Waals surface area contributed by atoms with Gasteiger partial charge in [-0.3, -0.25) is 0 Å². The maximum absolute atomic E-state index is 4.67. The Kier molecular flexibility index (Phi) is 5.64. The fourth-order valence-corrected chi connectivity index (χ4v) is 4.42. The fourth-order valence-electron chi connectivity index (χ4n) is 3.91. The van der Waals surface area contributed by atoms with Crippen molar-refractivity contribution in [3.05, 3.63) is 23.9 Å². The minimum Gasteiger partial charge on any atom is -0.357 e. The SMILES string of the molecule is CSCc1ccc(N2CCC(C(C)N3CCCC3)CC2)nc1. The quantitative estimate of drug-likeness (QED) is 0.825. The smallest absolute Gasteiger partial charge is 0.128 e. The summed E-state index contributed by atoms with van der Waals surface area (Å²) in [6.07, 6.45) is 9.60. The molecule has 1 unspecified atom stereocenters. The number of rotatable bonds is 5. The first-order chi connectivity index (χ1) is 10.8. The molecule has 2 saturated heterocycles. The standard InChI is InChI=1S/C18H29N3S/c1-15(20-9-3-4-10-20)17-7-11-21(12-8-17)18-6-5-16(13-19-18)14-22-2/h5-6,13,15,17H,3-4,7-12,14H2,1-2H3. The number of thioether (sulfide) groups is 1. The molecule has 2 aliphatic rings. The van der Waals surface area contributed by atoms with Crippen molar-refractivity contribution in [3.8, 4) is 0 Å². The molecule has 4 heteroatoms. The van der Waals surface area contributed by atoms with Crippen LogP contribution in [0.4, 0.5) is 5.82 Å². The molecule has 0 radical (unpaired) electrons. The molecule has 3 heterocycles.